The summed E-state index contributed by atoms with van der Waals surface area (Å²) in [6.07, 6.45) is 0. The van der Waals surface area contributed by atoms with Crippen LogP contribution in [0, 0.1) is 11.8 Å². The molecule has 0 amide bonds. The Morgan fingerprint density at radius 1 is 1.70 bits per heavy atom. The summed E-state index contributed by atoms with van der Waals surface area (Å²) in [5.41, 5.74) is 4.99. The third kappa shape index (κ3) is 7.28. The van der Waals surface area contributed by atoms with Crippen molar-refractivity contribution in [3.8, 4) is 11.8 Å². The molecule has 0 aromatic rings. The van der Waals surface area contributed by atoms with Crippen LogP contribution in [-0.2, 0) is 9.53 Å². The molecular formula is C6H10ClNO2. The second kappa shape index (κ2) is 8.28. The zero-order valence-electron chi connectivity index (χ0n) is 5.72. The van der Waals surface area contributed by atoms with Gasteiger partial charge in [-0.05, 0) is 6.92 Å². The number of hydrogen-bond acceptors (Lipinski definition) is 3. The number of carbonyl (C=O) groups is 1. The molecule has 4 heteroatoms. The lowest BCUT2D eigenvalue weighted by Gasteiger charge is -1.89. The molecule has 0 unspecified atom stereocenters. The maximum Gasteiger partial charge on any atom is 0.384 e. The third-order valence-electron chi connectivity index (χ3n) is 0.568. The van der Waals surface area contributed by atoms with Gasteiger partial charge in [0.2, 0.25) is 0 Å². The molecule has 0 rings (SSSR count). The molecule has 0 fully saturated rings. The van der Waals surface area contributed by atoms with E-state index in [4.69, 9.17) is 5.73 Å². The summed E-state index contributed by atoms with van der Waals surface area (Å²) in [6.45, 7) is 2.28. The highest BCUT2D eigenvalue weighted by molar-refractivity contribution is 5.88. The van der Waals surface area contributed by atoms with E-state index < -0.39 is 5.97 Å². The van der Waals surface area contributed by atoms with Crippen LogP contribution in [0.4, 0.5) is 0 Å². The molecule has 0 saturated carbocycles. The predicted molar refractivity (Wildman–Crippen MR) is 40.7 cm³/mol. The Balaban J connectivity index is 0. The zero-order valence-corrected chi connectivity index (χ0v) is 6.53. The van der Waals surface area contributed by atoms with Crippen LogP contribution in [-0.4, -0.2) is 19.1 Å². The number of carbonyl (C=O) groups excluding carboxylic acids is 1. The van der Waals surface area contributed by atoms with E-state index in [9.17, 15) is 4.79 Å². The van der Waals surface area contributed by atoms with Gasteiger partial charge in [-0.15, -0.1) is 12.4 Å². The van der Waals surface area contributed by atoms with Gasteiger partial charge in [0, 0.05) is 5.92 Å². The molecule has 0 aromatic carbocycles. The fourth-order valence-corrected chi connectivity index (χ4v) is 0.290. The second-order valence-corrected chi connectivity index (χ2v) is 1.23. The summed E-state index contributed by atoms with van der Waals surface area (Å²) >= 11 is 0. The Labute approximate surface area is 66.3 Å². The first-order chi connectivity index (χ1) is 4.31. The highest BCUT2D eigenvalue weighted by Gasteiger charge is 1.89. The molecule has 0 saturated heterocycles. The van der Waals surface area contributed by atoms with E-state index >= 15 is 0 Å². The third-order valence-corrected chi connectivity index (χ3v) is 0.568. The normalized spacial score (nSPS) is 6.60. The van der Waals surface area contributed by atoms with E-state index in [-0.39, 0.29) is 19.0 Å². The van der Waals surface area contributed by atoms with Gasteiger partial charge in [-0.1, -0.05) is 5.92 Å². The van der Waals surface area contributed by atoms with E-state index in [1.54, 1.807) is 6.92 Å². The van der Waals surface area contributed by atoms with Gasteiger partial charge >= 0.3 is 5.97 Å². The number of hydrogen-bond donors (Lipinski definition) is 1. The smallest absolute Gasteiger partial charge is 0.384 e. The summed E-state index contributed by atoms with van der Waals surface area (Å²) in [5.74, 6) is 4.07. The Hall–Kier alpha value is -0.720. The van der Waals surface area contributed by atoms with Crippen molar-refractivity contribution in [3.63, 3.8) is 0 Å². The van der Waals surface area contributed by atoms with Crippen molar-refractivity contribution in [1.29, 1.82) is 0 Å². The first kappa shape index (κ1) is 12.0. The molecule has 0 spiro atoms. The Morgan fingerprint density at radius 3 is 2.70 bits per heavy atom. The highest BCUT2D eigenvalue weighted by atomic mass is 35.5. The topological polar surface area (TPSA) is 52.3 Å². The lowest BCUT2D eigenvalue weighted by molar-refractivity contribution is -0.136. The van der Waals surface area contributed by atoms with E-state index in [0.717, 1.165) is 0 Å². The van der Waals surface area contributed by atoms with Gasteiger partial charge in [0.05, 0.1) is 13.2 Å². The van der Waals surface area contributed by atoms with Crippen LogP contribution in [0.25, 0.3) is 0 Å². The Kier molecular flexibility index (Phi) is 9.94. The average molecular weight is 164 g/mol. The van der Waals surface area contributed by atoms with Crippen molar-refractivity contribution < 1.29 is 9.53 Å². The van der Waals surface area contributed by atoms with Crippen LogP contribution in [0.2, 0.25) is 0 Å². The van der Waals surface area contributed by atoms with Crippen LogP contribution < -0.4 is 5.73 Å². The molecule has 0 radical (unpaired) electrons. The number of nitrogens with two attached hydrogens (primary N) is 1. The fraction of sp³-hybridized carbons (Fsp3) is 0.500. The number of esters is 1. The molecule has 58 valence electrons. The van der Waals surface area contributed by atoms with Gasteiger partial charge in [-0.3, -0.25) is 0 Å². The largest absolute Gasteiger partial charge is 0.456 e. The quantitative estimate of drug-likeness (QED) is 0.335. The molecule has 2 N–H and O–H groups in total. The van der Waals surface area contributed by atoms with E-state index in [1.165, 1.54) is 0 Å². The number of halogens is 1. The van der Waals surface area contributed by atoms with E-state index in [2.05, 4.69) is 16.6 Å². The first-order valence-corrected chi connectivity index (χ1v) is 2.67. The van der Waals surface area contributed by atoms with Crippen LogP contribution >= 0.6 is 12.4 Å². The molecule has 0 aromatic heterocycles. The molecule has 3 nitrogen and oxygen atoms in total. The van der Waals surface area contributed by atoms with Gasteiger partial charge in [0.25, 0.3) is 0 Å². The van der Waals surface area contributed by atoms with Crippen LogP contribution in [0.3, 0.4) is 0 Å². The van der Waals surface area contributed by atoms with Crippen molar-refractivity contribution in [2.24, 2.45) is 5.73 Å². The maximum atomic E-state index is 10.4. The minimum Gasteiger partial charge on any atom is -0.456 e. The van der Waals surface area contributed by atoms with Crippen molar-refractivity contribution in [2.45, 2.75) is 6.92 Å². The molecule has 0 atom stereocenters. The monoisotopic (exact) mass is 163 g/mol. The van der Waals surface area contributed by atoms with Crippen LogP contribution in [0.5, 0.6) is 0 Å². The van der Waals surface area contributed by atoms with Crippen LogP contribution in [0.15, 0.2) is 0 Å². The fourth-order valence-electron chi connectivity index (χ4n) is 0.290. The SMILES string of the molecule is CCOC(=O)C#CCN.Cl. The Morgan fingerprint density at radius 2 is 2.30 bits per heavy atom. The van der Waals surface area contributed by atoms with Crippen molar-refractivity contribution >= 4 is 18.4 Å². The summed E-state index contributed by atoms with van der Waals surface area (Å²) < 4.78 is 4.48. The molecule has 0 bridgehead atoms. The maximum absolute atomic E-state index is 10.4. The minimum absolute atomic E-state index is 0. The standard InChI is InChI=1S/C6H9NO2.ClH/c1-2-9-6(8)4-3-5-7;/h2,5,7H2,1H3;1H. The number of ether oxygens (including phenoxy) is 1. The van der Waals surface area contributed by atoms with Crippen molar-refractivity contribution in [2.75, 3.05) is 13.2 Å². The first-order valence-electron chi connectivity index (χ1n) is 2.67. The second-order valence-electron chi connectivity index (χ2n) is 1.23. The Bertz CT molecular complexity index is 148. The molecule has 0 aliphatic rings. The van der Waals surface area contributed by atoms with Gasteiger partial charge in [-0.2, -0.15) is 0 Å². The lowest BCUT2D eigenvalue weighted by Crippen LogP contribution is -2.01. The molecule has 0 aliphatic heterocycles. The zero-order chi connectivity index (χ0) is 7.11. The van der Waals surface area contributed by atoms with E-state index in [1.807, 2.05) is 0 Å². The summed E-state index contributed by atoms with van der Waals surface area (Å²) in [7, 11) is 0. The predicted octanol–water partition coefficient (Wildman–Crippen LogP) is -0.0666. The summed E-state index contributed by atoms with van der Waals surface area (Å²) in [5, 5.41) is 0. The summed E-state index contributed by atoms with van der Waals surface area (Å²) in [4.78, 5) is 10.4. The van der Waals surface area contributed by atoms with Crippen molar-refractivity contribution in [3.05, 3.63) is 0 Å². The van der Waals surface area contributed by atoms with Gasteiger partial charge in [0.15, 0.2) is 0 Å². The van der Waals surface area contributed by atoms with Crippen molar-refractivity contribution in [1.82, 2.24) is 0 Å². The summed E-state index contributed by atoms with van der Waals surface area (Å²) in [6, 6.07) is 0. The minimum atomic E-state index is -0.511. The average Bonchev–Trinajstić information content (AvgIpc) is 1.85. The molecular weight excluding hydrogens is 154 g/mol. The lowest BCUT2D eigenvalue weighted by atomic mass is 10.6. The highest BCUT2D eigenvalue weighted by Crippen LogP contribution is 1.71. The van der Waals surface area contributed by atoms with Gasteiger partial charge in [-0.25, -0.2) is 4.79 Å². The van der Waals surface area contributed by atoms with Gasteiger partial charge in [0.1, 0.15) is 0 Å². The molecule has 0 heterocycles. The molecule has 10 heavy (non-hydrogen) atoms. The van der Waals surface area contributed by atoms with Gasteiger partial charge < -0.3 is 10.5 Å². The number of rotatable bonds is 1. The molecule has 0 aliphatic carbocycles. The van der Waals surface area contributed by atoms with Crippen LogP contribution in [0.1, 0.15) is 6.92 Å². The van der Waals surface area contributed by atoms with E-state index in [0.29, 0.717) is 6.61 Å².